The first kappa shape index (κ1) is 18.2. The van der Waals surface area contributed by atoms with E-state index in [4.69, 9.17) is 4.74 Å². The number of carbonyl (C=O) groups excluding carboxylic acids is 2. The number of aryl methyl sites for hydroxylation is 1. The number of benzene rings is 1. The third-order valence-electron chi connectivity index (χ3n) is 4.50. The number of nitrogens with one attached hydrogen (secondary N) is 1. The Bertz CT molecular complexity index is 579. The zero-order valence-corrected chi connectivity index (χ0v) is 14.3. The van der Waals surface area contributed by atoms with Gasteiger partial charge in [0, 0.05) is 19.6 Å². The monoisotopic (exact) mass is 336 g/mol. The molecule has 0 unspecified atom stereocenters. The molecule has 1 saturated heterocycles. The van der Waals surface area contributed by atoms with Crippen LogP contribution in [0, 0.1) is 17.7 Å². The van der Waals surface area contributed by atoms with Gasteiger partial charge in [0.05, 0.1) is 13.0 Å². The third kappa shape index (κ3) is 4.94. The number of halogens is 1. The molecule has 2 amide bonds. The summed E-state index contributed by atoms with van der Waals surface area (Å²) in [6, 6.07) is 6.40. The van der Waals surface area contributed by atoms with Gasteiger partial charge in [-0.3, -0.25) is 4.79 Å². The molecule has 1 heterocycles. The first-order valence-electron chi connectivity index (χ1n) is 8.36. The maximum absolute atomic E-state index is 13.1. The Kier molecular flexibility index (Phi) is 6.58. The largest absolute Gasteiger partial charge is 0.469 e. The van der Waals surface area contributed by atoms with Crippen LogP contribution in [0.25, 0.3) is 0 Å². The van der Waals surface area contributed by atoms with Crippen molar-refractivity contribution in [1.82, 2.24) is 10.2 Å². The number of likely N-dealkylation sites (tertiary alicyclic amines) is 1. The molecule has 1 fully saturated rings. The lowest BCUT2D eigenvalue weighted by Crippen LogP contribution is -2.49. The van der Waals surface area contributed by atoms with Gasteiger partial charge in [0.1, 0.15) is 5.82 Å². The van der Waals surface area contributed by atoms with Gasteiger partial charge in [0.25, 0.3) is 0 Å². The van der Waals surface area contributed by atoms with Crippen molar-refractivity contribution in [1.29, 1.82) is 0 Å². The minimum absolute atomic E-state index is 0.0873. The van der Waals surface area contributed by atoms with Crippen LogP contribution in [0.15, 0.2) is 24.3 Å². The number of rotatable bonds is 5. The van der Waals surface area contributed by atoms with E-state index in [1.165, 1.54) is 19.2 Å². The molecule has 0 radical (unpaired) electrons. The van der Waals surface area contributed by atoms with E-state index < -0.39 is 0 Å². The van der Waals surface area contributed by atoms with Gasteiger partial charge in [-0.2, -0.15) is 0 Å². The van der Waals surface area contributed by atoms with E-state index >= 15 is 0 Å². The average molecular weight is 336 g/mol. The second kappa shape index (κ2) is 8.66. The summed E-state index contributed by atoms with van der Waals surface area (Å²) in [7, 11) is 1.40. The van der Waals surface area contributed by atoms with E-state index in [1.54, 1.807) is 11.0 Å². The summed E-state index contributed by atoms with van der Waals surface area (Å²) < 4.78 is 17.9. The van der Waals surface area contributed by atoms with Gasteiger partial charge < -0.3 is 15.0 Å². The molecule has 1 aromatic rings. The first-order valence-corrected chi connectivity index (χ1v) is 8.36. The average Bonchev–Trinajstić information content (AvgIpc) is 2.58. The van der Waals surface area contributed by atoms with Gasteiger partial charge in [0.2, 0.25) is 0 Å². The molecule has 0 bridgehead atoms. The fraction of sp³-hybridized carbons (Fsp3) is 0.556. The number of amides is 2. The molecule has 132 valence electrons. The van der Waals surface area contributed by atoms with Crippen LogP contribution in [-0.2, 0) is 16.0 Å². The highest BCUT2D eigenvalue weighted by Crippen LogP contribution is 2.24. The zero-order valence-electron chi connectivity index (χ0n) is 14.3. The van der Waals surface area contributed by atoms with Gasteiger partial charge in [0.15, 0.2) is 0 Å². The molecule has 1 aromatic carbocycles. The van der Waals surface area contributed by atoms with Crippen molar-refractivity contribution in [3.8, 4) is 0 Å². The van der Waals surface area contributed by atoms with Crippen LogP contribution >= 0.6 is 0 Å². The summed E-state index contributed by atoms with van der Waals surface area (Å²) in [6.45, 7) is 3.61. The van der Waals surface area contributed by atoms with Crippen LogP contribution in [-0.4, -0.2) is 43.6 Å². The van der Waals surface area contributed by atoms with Crippen molar-refractivity contribution >= 4 is 12.0 Å². The lowest BCUT2D eigenvalue weighted by atomic mass is 9.87. The van der Waals surface area contributed by atoms with E-state index in [0.29, 0.717) is 26.1 Å². The molecule has 2 atom stereocenters. The topological polar surface area (TPSA) is 58.6 Å². The number of carbonyl (C=O) groups is 2. The number of hydrogen-bond acceptors (Lipinski definition) is 3. The summed E-state index contributed by atoms with van der Waals surface area (Å²) in [5.74, 6) is -0.479. The molecular weight excluding hydrogens is 311 g/mol. The molecule has 6 heteroatoms. The van der Waals surface area contributed by atoms with Gasteiger partial charge in [-0.15, -0.1) is 0 Å². The van der Waals surface area contributed by atoms with Crippen molar-refractivity contribution in [2.45, 2.75) is 26.2 Å². The predicted molar refractivity (Wildman–Crippen MR) is 89.0 cm³/mol. The van der Waals surface area contributed by atoms with Gasteiger partial charge in [-0.25, -0.2) is 9.18 Å². The Balaban J connectivity index is 1.70. The van der Waals surface area contributed by atoms with Gasteiger partial charge >= 0.3 is 12.0 Å². The molecular formula is C18H25FN2O3. The Morgan fingerprint density at radius 3 is 2.88 bits per heavy atom. The number of hydrogen-bond donors (Lipinski definition) is 1. The number of nitrogens with zero attached hydrogens (tertiary/aromatic N) is 1. The number of methoxy groups -OCH3 is 1. The molecule has 2 rings (SSSR count). The lowest BCUT2D eigenvalue weighted by Gasteiger charge is -2.35. The van der Waals surface area contributed by atoms with Crippen molar-refractivity contribution in [3.63, 3.8) is 0 Å². The number of ether oxygens (including phenoxy) is 1. The summed E-state index contributed by atoms with van der Waals surface area (Å²) >= 11 is 0. The standard InChI is InChI=1S/C18H25FN2O3/c1-13-12-21(10-8-16(13)17(22)24-2)18(23)20-9-4-6-14-5-3-7-15(19)11-14/h3,5,7,11,13,16H,4,6,8-10,12H2,1-2H3,(H,20,23)/t13-,16+/m1/s1. The quantitative estimate of drug-likeness (QED) is 0.664. The molecule has 0 spiro atoms. The minimum atomic E-state index is -0.237. The molecule has 24 heavy (non-hydrogen) atoms. The predicted octanol–water partition coefficient (Wildman–Crippen LogP) is 2.60. The Morgan fingerprint density at radius 1 is 1.42 bits per heavy atom. The third-order valence-corrected chi connectivity index (χ3v) is 4.50. The van der Waals surface area contributed by atoms with Crippen molar-refractivity contribution < 1.29 is 18.7 Å². The summed E-state index contributed by atoms with van der Waals surface area (Å²) in [6.07, 6.45) is 2.10. The molecule has 1 N–H and O–H groups in total. The Morgan fingerprint density at radius 2 is 2.21 bits per heavy atom. The Hall–Kier alpha value is -2.11. The van der Waals surface area contributed by atoms with E-state index in [1.807, 2.05) is 13.0 Å². The van der Waals surface area contributed by atoms with Crippen molar-refractivity contribution in [2.75, 3.05) is 26.7 Å². The highest BCUT2D eigenvalue weighted by atomic mass is 19.1. The van der Waals surface area contributed by atoms with E-state index in [9.17, 15) is 14.0 Å². The van der Waals surface area contributed by atoms with Crippen LogP contribution in [0.4, 0.5) is 9.18 Å². The minimum Gasteiger partial charge on any atom is -0.469 e. The number of urea groups is 1. The normalized spacial score (nSPS) is 20.5. The SMILES string of the molecule is COC(=O)[C@H]1CCN(C(=O)NCCCc2cccc(F)c2)C[C@H]1C. The smallest absolute Gasteiger partial charge is 0.317 e. The number of esters is 1. The maximum Gasteiger partial charge on any atom is 0.317 e. The zero-order chi connectivity index (χ0) is 17.5. The number of piperidine rings is 1. The highest BCUT2D eigenvalue weighted by molar-refractivity contribution is 5.76. The second-order valence-electron chi connectivity index (χ2n) is 6.31. The van der Waals surface area contributed by atoms with Crippen LogP contribution in [0.1, 0.15) is 25.3 Å². The van der Waals surface area contributed by atoms with Crippen molar-refractivity contribution in [3.05, 3.63) is 35.6 Å². The van der Waals surface area contributed by atoms with E-state index in [2.05, 4.69) is 5.32 Å². The Labute approximate surface area is 142 Å². The van der Waals surface area contributed by atoms with Crippen LogP contribution in [0.5, 0.6) is 0 Å². The fourth-order valence-corrected chi connectivity index (χ4v) is 3.12. The molecule has 1 aliphatic heterocycles. The fourth-order valence-electron chi connectivity index (χ4n) is 3.12. The maximum atomic E-state index is 13.1. The molecule has 0 aromatic heterocycles. The summed E-state index contributed by atoms with van der Waals surface area (Å²) in [4.78, 5) is 25.6. The molecule has 0 saturated carbocycles. The molecule has 1 aliphatic rings. The molecule has 0 aliphatic carbocycles. The highest BCUT2D eigenvalue weighted by Gasteiger charge is 2.33. The summed E-state index contributed by atoms with van der Waals surface area (Å²) in [5, 5.41) is 2.89. The van der Waals surface area contributed by atoms with E-state index in [-0.39, 0.29) is 29.7 Å². The van der Waals surface area contributed by atoms with Gasteiger partial charge in [-0.05, 0) is 42.9 Å². The van der Waals surface area contributed by atoms with Crippen LogP contribution in [0.2, 0.25) is 0 Å². The lowest BCUT2D eigenvalue weighted by molar-refractivity contribution is -0.148. The van der Waals surface area contributed by atoms with Crippen LogP contribution < -0.4 is 5.32 Å². The van der Waals surface area contributed by atoms with Crippen LogP contribution in [0.3, 0.4) is 0 Å². The summed E-state index contributed by atoms with van der Waals surface area (Å²) in [5.41, 5.74) is 0.928. The van der Waals surface area contributed by atoms with E-state index in [0.717, 1.165) is 18.4 Å². The second-order valence-corrected chi connectivity index (χ2v) is 6.31. The first-order chi connectivity index (χ1) is 11.5. The molecule has 5 nitrogen and oxygen atoms in total. The van der Waals surface area contributed by atoms with Crippen molar-refractivity contribution in [2.24, 2.45) is 11.8 Å². The van der Waals surface area contributed by atoms with Gasteiger partial charge in [-0.1, -0.05) is 19.1 Å².